The van der Waals surface area contributed by atoms with Gasteiger partial charge in [0, 0.05) is 17.2 Å². The number of aromatic nitrogens is 1. The molecule has 1 amide bonds. The lowest BCUT2D eigenvalue weighted by Crippen LogP contribution is -2.16. The van der Waals surface area contributed by atoms with Gasteiger partial charge in [0.1, 0.15) is 0 Å². The summed E-state index contributed by atoms with van der Waals surface area (Å²) in [6.45, 7) is 0. The summed E-state index contributed by atoms with van der Waals surface area (Å²) in [6, 6.07) is 9.76. The first-order chi connectivity index (χ1) is 10.1. The number of benzene rings is 1. The zero-order valence-corrected chi connectivity index (χ0v) is 11.3. The number of amidine groups is 1. The molecule has 1 aromatic carbocycles. The minimum atomic E-state index is -0.324. The van der Waals surface area contributed by atoms with Crippen molar-refractivity contribution in [3.05, 3.63) is 53.7 Å². The molecule has 1 aromatic heterocycles. The number of hydrogen-bond acceptors (Lipinski definition) is 5. The molecule has 0 unspecified atom stereocenters. The monoisotopic (exact) mass is 286 g/mol. The van der Waals surface area contributed by atoms with Crippen molar-refractivity contribution in [1.29, 1.82) is 0 Å². The minimum Gasteiger partial charge on any atom is -0.481 e. The fraction of sp³-hybridized carbons (Fsp3) is 0.0714. The lowest BCUT2D eigenvalue weighted by atomic mass is 10.1. The van der Waals surface area contributed by atoms with Crippen LogP contribution in [0.3, 0.4) is 0 Å². The quantitative estimate of drug-likeness (QED) is 0.341. The highest BCUT2D eigenvalue weighted by Crippen LogP contribution is 2.13. The molecule has 0 radical (unpaired) electrons. The third-order valence-corrected chi connectivity index (χ3v) is 2.73. The lowest BCUT2D eigenvalue weighted by Gasteiger charge is -2.07. The highest BCUT2D eigenvalue weighted by Gasteiger charge is 2.08. The molecule has 2 aromatic rings. The first-order valence-electron chi connectivity index (χ1n) is 6.03. The predicted molar refractivity (Wildman–Crippen MR) is 77.7 cm³/mol. The number of ether oxygens (including phenoxy) is 1. The number of pyridine rings is 1. The summed E-state index contributed by atoms with van der Waals surface area (Å²) >= 11 is 0. The van der Waals surface area contributed by atoms with Crippen LogP contribution in [0.4, 0.5) is 5.69 Å². The van der Waals surface area contributed by atoms with E-state index in [-0.39, 0.29) is 11.7 Å². The molecule has 1 heterocycles. The van der Waals surface area contributed by atoms with E-state index in [9.17, 15) is 4.79 Å². The number of anilines is 1. The highest BCUT2D eigenvalue weighted by molar-refractivity contribution is 6.06. The normalized spacial score (nSPS) is 11.0. The van der Waals surface area contributed by atoms with Crippen molar-refractivity contribution in [3.8, 4) is 5.88 Å². The molecule has 0 spiro atoms. The molecule has 7 nitrogen and oxygen atoms in total. The molecule has 0 bridgehead atoms. The largest absolute Gasteiger partial charge is 0.481 e. The summed E-state index contributed by atoms with van der Waals surface area (Å²) in [5.41, 5.74) is 6.87. The predicted octanol–water partition coefficient (Wildman–Crippen LogP) is 1.44. The molecule has 0 aliphatic rings. The van der Waals surface area contributed by atoms with Gasteiger partial charge in [-0.3, -0.25) is 4.79 Å². The summed E-state index contributed by atoms with van der Waals surface area (Å²) < 4.78 is 4.94. The molecule has 7 heteroatoms. The molecule has 0 saturated heterocycles. The maximum absolute atomic E-state index is 12.1. The number of nitrogens with zero attached hydrogens (tertiary/aromatic N) is 2. The van der Waals surface area contributed by atoms with Gasteiger partial charge in [-0.2, -0.15) is 0 Å². The summed E-state index contributed by atoms with van der Waals surface area (Å²) in [5.74, 6) is 0.0762. The Bertz CT molecular complexity index is 668. The van der Waals surface area contributed by atoms with Gasteiger partial charge in [-0.25, -0.2) is 4.98 Å². The Morgan fingerprint density at radius 1 is 1.33 bits per heavy atom. The molecule has 0 atom stereocenters. The highest BCUT2D eigenvalue weighted by atomic mass is 16.5. The molecule has 0 aliphatic carbocycles. The van der Waals surface area contributed by atoms with Gasteiger partial charge in [0.25, 0.3) is 5.91 Å². The Morgan fingerprint density at radius 3 is 2.71 bits per heavy atom. The van der Waals surface area contributed by atoms with E-state index in [1.165, 1.54) is 19.4 Å². The number of hydrogen-bond donors (Lipinski definition) is 3. The second-order valence-corrected chi connectivity index (χ2v) is 4.11. The first-order valence-corrected chi connectivity index (χ1v) is 6.03. The van der Waals surface area contributed by atoms with Gasteiger partial charge >= 0.3 is 0 Å². The second-order valence-electron chi connectivity index (χ2n) is 4.11. The minimum absolute atomic E-state index is 0.0595. The van der Waals surface area contributed by atoms with Crippen molar-refractivity contribution in [2.24, 2.45) is 10.9 Å². The van der Waals surface area contributed by atoms with Crippen LogP contribution in [0.25, 0.3) is 0 Å². The Labute approximate surface area is 121 Å². The maximum Gasteiger partial charge on any atom is 0.255 e. The average Bonchev–Trinajstić information content (AvgIpc) is 2.55. The van der Waals surface area contributed by atoms with Crippen LogP contribution in [0.2, 0.25) is 0 Å². The number of methoxy groups -OCH3 is 1. The molecule has 2 rings (SSSR count). The van der Waals surface area contributed by atoms with E-state index in [2.05, 4.69) is 15.5 Å². The number of carbonyl (C=O) groups excluding carboxylic acids is 1. The lowest BCUT2D eigenvalue weighted by molar-refractivity contribution is 0.102. The molecule has 0 aliphatic heterocycles. The van der Waals surface area contributed by atoms with Crippen LogP contribution in [-0.2, 0) is 0 Å². The van der Waals surface area contributed by atoms with Gasteiger partial charge in [-0.15, -0.1) is 0 Å². The third kappa shape index (κ3) is 3.47. The van der Waals surface area contributed by atoms with E-state index >= 15 is 0 Å². The Hall–Kier alpha value is -3.09. The SMILES string of the molecule is COc1ccc(NC(=O)c2cccc(/C(N)=N/O)c2)cn1. The summed E-state index contributed by atoms with van der Waals surface area (Å²) in [6.07, 6.45) is 1.49. The van der Waals surface area contributed by atoms with Gasteiger partial charge in [0.05, 0.1) is 19.0 Å². The van der Waals surface area contributed by atoms with Crippen LogP contribution in [-0.4, -0.2) is 29.0 Å². The van der Waals surface area contributed by atoms with Crippen LogP contribution in [0.1, 0.15) is 15.9 Å². The molecular formula is C14H14N4O3. The first kappa shape index (κ1) is 14.3. The number of nitrogens with two attached hydrogens (primary N) is 1. The van der Waals surface area contributed by atoms with Crippen LogP contribution >= 0.6 is 0 Å². The Kier molecular flexibility index (Phi) is 4.35. The van der Waals surface area contributed by atoms with Crippen molar-refractivity contribution in [2.75, 3.05) is 12.4 Å². The van der Waals surface area contributed by atoms with Gasteiger partial charge in [0.2, 0.25) is 5.88 Å². The molecule has 108 valence electrons. The van der Waals surface area contributed by atoms with Gasteiger partial charge in [0.15, 0.2) is 5.84 Å². The van der Waals surface area contributed by atoms with Crippen molar-refractivity contribution in [1.82, 2.24) is 4.98 Å². The molecular weight excluding hydrogens is 272 g/mol. The summed E-state index contributed by atoms with van der Waals surface area (Å²) in [7, 11) is 1.51. The van der Waals surface area contributed by atoms with E-state index in [4.69, 9.17) is 15.7 Å². The van der Waals surface area contributed by atoms with Crippen molar-refractivity contribution in [2.45, 2.75) is 0 Å². The van der Waals surface area contributed by atoms with E-state index in [1.807, 2.05) is 0 Å². The Morgan fingerprint density at radius 2 is 2.10 bits per heavy atom. The molecule has 0 fully saturated rings. The van der Waals surface area contributed by atoms with Crippen molar-refractivity contribution >= 4 is 17.4 Å². The zero-order chi connectivity index (χ0) is 15.2. The standard InChI is InChI=1S/C14H14N4O3/c1-21-12-6-5-11(8-16-12)17-14(19)10-4-2-3-9(7-10)13(15)18-20/h2-8,20H,1H3,(H2,15,18)(H,17,19). The number of nitrogens with one attached hydrogen (secondary N) is 1. The van der Waals surface area contributed by atoms with Crippen LogP contribution < -0.4 is 15.8 Å². The molecule has 21 heavy (non-hydrogen) atoms. The maximum atomic E-state index is 12.1. The second kappa shape index (κ2) is 6.38. The number of oxime groups is 1. The fourth-order valence-electron chi connectivity index (χ4n) is 1.66. The smallest absolute Gasteiger partial charge is 0.255 e. The molecule has 0 saturated carbocycles. The van der Waals surface area contributed by atoms with Crippen LogP contribution in [0, 0.1) is 0 Å². The van der Waals surface area contributed by atoms with E-state index in [0.717, 1.165) is 0 Å². The van der Waals surface area contributed by atoms with Crippen molar-refractivity contribution < 1.29 is 14.7 Å². The summed E-state index contributed by atoms with van der Waals surface area (Å²) in [4.78, 5) is 16.1. The average molecular weight is 286 g/mol. The number of amides is 1. The topological polar surface area (TPSA) is 110 Å². The van der Waals surface area contributed by atoms with E-state index < -0.39 is 0 Å². The number of carbonyl (C=O) groups is 1. The fourth-order valence-corrected chi connectivity index (χ4v) is 1.66. The Balaban J connectivity index is 2.16. The molecule has 4 N–H and O–H groups in total. The third-order valence-electron chi connectivity index (χ3n) is 2.73. The van der Waals surface area contributed by atoms with Gasteiger partial charge in [-0.1, -0.05) is 17.3 Å². The summed E-state index contributed by atoms with van der Waals surface area (Å²) in [5, 5.41) is 14.2. The van der Waals surface area contributed by atoms with Gasteiger partial charge in [-0.05, 0) is 18.2 Å². The van der Waals surface area contributed by atoms with Crippen LogP contribution in [0.5, 0.6) is 5.88 Å². The zero-order valence-electron chi connectivity index (χ0n) is 11.3. The van der Waals surface area contributed by atoms with Crippen molar-refractivity contribution in [3.63, 3.8) is 0 Å². The van der Waals surface area contributed by atoms with Gasteiger partial charge < -0.3 is 21.0 Å². The van der Waals surface area contributed by atoms with Crippen LogP contribution in [0.15, 0.2) is 47.8 Å². The van der Waals surface area contributed by atoms with E-state index in [0.29, 0.717) is 22.7 Å². The van der Waals surface area contributed by atoms with E-state index in [1.54, 1.807) is 30.3 Å². The number of rotatable bonds is 4.